The monoisotopic (exact) mass is 280 g/mol. The van der Waals surface area contributed by atoms with E-state index in [0.29, 0.717) is 6.54 Å². The molecule has 0 saturated carbocycles. The number of nitrogens with one attached hydrogen (secondary N) is 1. The first kappa shape index (κ1) is 15.0. The molecule has 1 heterocycles. The molecule has 3 heteroatoms. The van der Waals surface area contributed by atoms with Gasteiger partial charge in [-0.25, -0.2) is 0 Å². The summed E-state index contributed by atoms with van der Waals surface area (Å²) in [7, 11) is 0. The third kappa shape index (κ3) is 4.56. The molecule has 0 saturated heterocycles. The van der Waals surface area contributed by atoms with Crippen LogP contribution in [-0.4, -0.2) is 10.9 Å². The molecule has 0 unspecified atom stereocenters. The lowest BCUT2D eigenvalue weighted by Crippen LogP contribution is -2.18. The maximum Gasteiger partial charge on any atom is 0.217 e. The number of pyridine rings is 1. The molecule has 1 amide bonds. The first-order chi connectivity index (χ1) is 10.0. The first-order valence-corrected chi connectivity index (χ1v) is 6.97. The van der Waals surface area contributed by atoms with Crippen molar-refractivity contribution < 1.29 is 4.79 Å². The SMILES string of the molecule is C=C(C)c1cc(Cc2ccc(CNC(C)=O)cc2)ccn1. The van der Waals surface area contributed by atoms with E-state index < -0.39 is 0 Å². The number of hydrogen-bond donors (Lipinski definition) is 1. The van der Waals surface area contributed by atoms with Crippen LogP contribution in [0.1, 0.15) is 36.2 Å². The molecule has 3 nitrogen and oxygen atoms in total. The van der Waals surface area contributed by atoms with Crippen molar-refractivity contribution >= 4 is 11.5 Å². The molecular formula is C18H20N2O. The van der Waals surface area contributed by atoms with E-state index in [1.807, 2.05) is 31.3 Å². The van der Waals surface area contributed by atoms with Gasteiger partial charge in [0.2, 0.25) is 5.91 Å². The van der Waals surface area contributed by atoms with Crippen molar-refractivity contribution in [1.29, 1.82) is 0 Å². The number of carbonyl (C=O) groups excluding carboxylic acids is 1. The van der Waals surface area contributed by atoms with Crippen LogP contribution >= 0.6 is 0 Å². The quantitative estimate of drug-likeness (QED) is 0.912. The van der Waals surface area contributed by atoms with Crippen molar-refractivity contribution in [1.82, 2.24) is 10.3 Å². The molecular weight excluding hydrogens is 260 g/mol. The Kier molecular flexibility index (Phi) is 4.88. The highest BCUT2D eigenvalue weighted by Crippen LogP contribution is 2.14. The highest BCUT2D eigenvalue weighted by atomic mass is 16.1. The lowest BCUT2D eigenvalue weighted by atomic mass is 10.0. The summed E-state index contributed by atoms with van der Waals surface area (Å²) in [5.41, 5.74) is 5.47. The van der Waals surface area contributed by atoms with Gasteiger partial charge in [0, 0.05) is 19.7 Å². The van der Waals surface area contributed by atoms with Gasteiger partial charge < -0.3 is 5.32 Å². The minimum Gasteiger partial charge on any atom is -0.352 e. The predicted molar refractivity (Wildman–Crippen MR) is 85.7 cm³/mol. The van der Waals surface area contributed by atoms with E-state index in [9.17, 15) is 4.79 Å². The largest absolute Gasteiger partial charge is 0.352 e. The Morgan fingerprint density at radius 3 is 2.38 bits per heavy atom. The summed E-state index contributed by atoms with van der Waals surface area (Å²) in [5.74, 6) is -0.0109. The van der Waals surface area contributed by atoms with Gasteiger partial charge in [0.15, 0.2) is 0 Å². The van der Waals surface area contributed by atoms with Gasteiger partial charge in [-0.1, -0.05) is 30.8 Å². The lowest BCUT2D eigenvalue weighted by Gasteiger charge is -2.06. The molecule has 2 aromatic rings. The van der Waals surface area contributed by atoms with E-state index in [2.05, 4.69) is 35.1 Å². The number of nitrogens with zero attached hydrogens (tertiary/aromatic N) is 1. The number of rotatable bonds is 5. The zero-order chi connectivity index (χ0) is 15.2. The summed E-state index contributed by atoms with van der Waals surface area (Å²) >= 11 is 0. The second kappa shape index (κ2) is 6.84. The van der Waals surface area contributed by atoms with Gasteiger partial charge in [-0.3, -0.25) is 9.78 Å². The topological polar surface area (TPSA) is 42.0 Å². The van der Waals surface area contributed by atoms with Crippen molar-refractivity contribution in [3.05, 3.63) is 71.6 Å². The molecule has 0 aliphatic heterocycles. The van der Waals surface area contributed by atoms with Crippen LogP contribution in [0.4, 0.5) is 0 Å². The third-order valence-corrected chi connectivity index (χ3v) is 3.23. The minimum absolute atomic E-state index is 0.0109. The van der Waals surface area contributed by atoms with Gasteiger partial charge in [-0.15, -0.1) is 0 Å². The highest BCUT2D eigenvalue weighted by Gasteiger charge is 2.01. The van der Waals surface area contributed by atoms with E-state index in [4.69, 9.17) is 0 Å². The molecule has 0 aliphatic rings. The maximum absolute atomic E-state index is 10.9. The molecule has 1 aromatic carbocycles. The molecule has 108 valence electrons. The predicted octanol–water partition coefficient (Wildman–Crippen LogP) is 3.34. The summed E-state index contributed by atoms with van der Waals surface area (Å²) < 4.78 is 0. The minimum atomic E-state index is -0.0109. The normalized spacial score (nSPS) is 10.2. The highest BCUT2D eigenvalue weighted by molar-refractivity contribution is 5.72. The van der Waals surface area contributed by atoms with Crippen molar-refractivity contribution in [3.8, 4) is 0 Å². The molecule has 0 spiro atoms. The van der Waals surface area contributed by atoms with Crippen LogP contribution in [0, 0.1) is 0 Å². The Morgan fingerprint density at radius 1 is 1.10 bits per heavy atom. The first-order valence-electron chi connectivity index (χ1n) is 6.97. The Hall–Kier alpha value is -2.42. The number of aromatic nitrogens is 1. The molecule has 21 heavy (non-hydrogen) atoms. The zero-order valence-electron chi connectivity index (χ0n) is 12.5. The number of benzene rings is 1. The van der Waals surface area contributed by atoms with Crippen molar-refractivity contribution in [2.45, 2.75) is 26.8 Å². The van der Waals surface area contributed by atoms with Gasteiger partial charge in [0.05, 0.1) is 5.69 Å². The fourth-order valence-electron chi connectivity index (χ4n) is 2.05. The van der Waals surface area contributed by atoms with Crippen molar-refractivity contribution in [2.24, 2.45) is 0 Å². The Balaban J connectivity index is 2.04. The summed E-state index contributed by atoms with van der Waals surface area (Å²) in [6.07, 6.45) is 2.69. The van der Waals surface area contributed by atoms with E-state index in [1.165, 1.54) is 18.1 Å². The smallest absolute Gasteiger partial charge is 0.217 e. The van der Waals surface area contributed by atoms with Crippen LogP contribution < -0.4 is 5.32 Å². The molecule has 0 atom stereocenters. The van der Waals surface area contributed by atoms with Crippen LogP contribution in [0.2, 0.25) is 0 Å². The Morgan fingerprint density at radius 2 is 1.76 bits per heavy atom. The fourth-order valence-corrected chi connectivity index (χ4v) is 2.05. The molecule has 2 rings (SSSR count). The van der Waals surface area contributed by atoms with Gasteiger partial charge in [-0.2, -0.15) is 0 Å². The summed E-state index contributed by atoms with van der Waals surface area (Å²) in [4.78, 5) is 15.2. The van der Waals surface area contributed by atoms with Gasteiger partial charge in [0.25, 0.3) is 0 Å². The second-order valence-electron chi connectivity index (χ2n) is 5.23. The molecule has 0 fully saturated rings. The van der Waals surface area contributed by atoms with Crippen LogP contribution in [0.15, 0.2) is 49.2 Å². The standard InChI is InChI=1S/C18H20N2O/c1-13(2)18-11-17(8-9-19-18)10-15-4-6-16(7-5-15)12-20-14(3)21/h4-9,11H,1,10,12H2,2-3H3,(H,20,21). The summed E-state index contributed by atoms with van der Waals surface area (Å²) in [6.45, 7) is 7.98. The zero-order valence-corrected chi connectivity index (χ0v) is 12.5. The summed E-state index contributed by atoms with van der Waals surface area (Å²) in [6, 6.07) is 12.4. The lowest BCUT2D eigenvalue weighted by molar-refractivity contribution is -0.119. The Labute approximate surface area is 125 Å². The molecule has 0 bridgehead atoms. The van der Waals surface area contributed by atoms with Crippen LogP contribution in [0.3, 0.4) is 0 Å². The van der Waals surface area contributed by atoms with E-state index in [1.54, 1.807) is 0 Å². The molecule has 0 radical (unpaired) electrons. The van der Waals surface area contributed by atoms with E-state index >= 15 is 0 Å². The molecule has 0 aliphatic carbocycles. The number of allylic oxidation sites excluding steroid dienone is 1. The average molecular weight is 280 g/mol. The van der Waals surface area contributed by atoms with Crippen LogP contribution in [0.5, 0.6) is 0 Å². The summed E-state index contributed by atoms with van der Waals surface area (Å²) in [5, 5.41) is 2.79. The van der Waals surface area contributed by atoms with E-state index in [-0.39, 0.29) is 5.91 Å². The maximum atomic E-state index is 10.9. The van der Waals surface area contributed by atoms with Gasteiger partial charge in [-0.05, 0) is 47.7 Å². The fraction of sp³-hybridized carbons (Fsp3) is 0.222. The number of hydrogen-bond acceptors (Lipinski definition) is 2. The van der Waals surface area contributed by atoms with Crippen molar-refractivity contribution in [2.75, 3.05) is 0 Å². The third-order valence-electron chi connectivity index (χ3n) is 3.23. The average Bonchev–Trinajstić information content (AvgIpc) is 2.47. The molecule has 1 N–H and O–H groups in total. The van der Waals surface area contributed by atoms with E-state index in [0.717, 1.165) is 23.3 Å². The molecule has 1 aromatic heterocycles. The van der Waals surface area contributed by atoms with Crippen molar-refractivity contribution in [3.63, 3.8) is 0 Å². The van der Waals surface area contributed by atoms with Crippen LogP contribution in [-0.2, 0) is 17.8 Å². The van der Waals surface area contributed by atoms with Crippen LogP contribution in [0.25, 0.3) is 5.57 Å². The van der Waals surface area contributed by atoms with Gasteiger partial charge >= 0.3 is 0 Å². The Bertz CT molecular complexity index is 645. The second-order valence-corrected chi connectivity index (χ2v) is 5.23. The number of carbonyl (C=O) groups is 1. The van der Waals surface area contributed by atoms with Gasteiger partial charge in [0.1, 0.15) is 0 Å². The number of amides is 1.